The summed E-state index contributed by atoms with van der Waals surface area (Å²) in [6.45, 7) is 3.18. The van der Waals surface area contributed by atoms with Crippen molar-refractivity contribution in [3.8, 4) is 11.5 Å². The van der Waals surface area contributed by atoms with E-state index in [2.05, 4.69) is 17.0 Å². The molecule has 0 saturated carbocycles. The standard InChI is InChI=1S/C15H23F2NO2/c1-3-5-6-9-18-11-12-7-8-13(20-15(16)17)14(10-12)19-4-2/h7-8,10,15,18H,3-6,9,11H2,1-2H3. The molecule has 0 saturated heterocycles. The Kier molecular flexibility index (Phi) is 7.95. The van der Waals surface area contributed by atoms with Crippen LogP contribution in [-0.4, -0.2) is 19.8 Å². The van der Waals surface area contributed by atoms with Crippen molar-refractivity contribution in [2.75, 3.05) is 13.2 Å². The number of nitrogens with one attached hydrogen (secondary N) is 1. The second-order valence-corrected chi connectivity index (χ2v) is 4.48. The Labute approximate surface area is 119 Å². The van der Waals surface area contributed by atoms with Gasteiger partial charge in [0.05, 0.1) is 6.61 Å². The van der Waals surface area contributed by atoms with E-state index in [4.69, 9.17) is 4.74 Å². The number of ether oxygens (including phenoxy) is 2. The van der Waals surface area contributed by atoms with Gasteiger partial charge in [0.25, 0.3) is 0 Å². The molecule has 1 N–H and O–H groups in total. The molecule has 1 rings (SSSR count). The van der Waals surface area contributed by atoms with Gasteiger partial charge >= 0.3 is 6.61 Å². The van der Waals surface area contributed by atoms with Crippen LogP contribution < -0.4 is 14.8 Å². The molecule has 0 aliphatic rings. The predicted octanol–water partition coefficient (Wildman–Crippen LogP) is 3.97. The van der Waals surface area contributed by atoms with Gasteiger partial charge in [-0.15, -0.1) is 0 Å². The Morgan fingerprint density at radius 2 is 1.95 bits per heavy atom. The summed E-state index contributed by atoms with van der Waals surface area (Å²) in [6.07, 6.45) is 3.54. The molecule has 0 aromatic heterocycles. The van der Waals surface area contributed by atoms with E-state index in [-0.39, 0.29) is 5.75 Å². The predicted molar refractivity (Wildman–Crippen MR) is 75.5 cm³/mol. The molecule has 5 heteroatoms. The lowest BCUT2D eigenvalue weighted by molar-refractivity contribution is -0.0514. The highest BCUT2D eigenvalue weighted by molar-refractivity contribution is 5.43. The maximum absolute atomic E-state index is 12.3. The van der Waals surface area contributed by atoms with Crippen molar-refractivity contribution >= 4 is 0 Å². The fourth-order valence-corrected chi connectivity index (χ4v) is 1.86. The van der Waals surface area contributed by atoms with Gasteiger partial charge in [0.15, 0.2) is 11.5 Å². The van der Waals surface area contributed by atoms with Crippen molar-refractivity contribution in [1.82, 2.24) is 5.32 Å². The lowest BCUT2D eigenvalue weighted by Gasteiger charge is -2.13. The van der Waals surface area contributed by atoms with Gasteiger partial charge in [-0.1, -0.05) is 25.8 Å². The number of unbranched alkanes of at least 4 members (excludes halogenated alkanes) is 2. The molecule has 1 aromatic carbocycles. The third kappa shape index (κ3) is 6.19. The first-order chi connectivity index (χ1) is 9.67. The molecule has 0 aliphatic heterocycles. The fourth-order valence-electron chi connectivity index (χ4n) is 1.86. The largest absolute Gasteiger partial charge is 0.490 e. The molecule has 0 spiro atoms. The zero-order chi connectivity index (χ0) is 14.8. The van der Waals surface area contributed by atoms with Crippen molar-refractivity contribution in [2.24, 2.45) is 0 Å². The molecule has 0 aliphatic carbocycles. The Morgan fingerprint density at radius 1 is 1.15 bits per heavy atom. The summed E-state index contributed by atoms with van der Waals surface area (Å²) in [7, 11) is 0. The van der Waals surface area contributed by atoms with Gasteiger partial charge in [-0.25, -0.2) is 0 Å². The summed E-state index contributed by atoms with van der Waals surface area (Å²) < 4.78 is 34.3. The minimum absolute atomic E-state index is 0.0802. The van der Waals surface area contributed by atoms with E-state index in [0.717, 1.165) is 18.5 Å². The second-order valence-electron chi connectivity index (χ2n) is 4.48. The van der Waals surface area contributed by atoms with E-state index in [1.54, 1.807) is 12.1 Å². The van der Waals surface area contributed by atoms with Gasteiger partial charge in [0.1, 0.15) is 0 Å². The number of alkyl halides is 2. The molecule has 0 fully saturated rings. The monoisotopic (exact) mass is 287 g/mol. The number of benzene rings is 1. The highest BCUT2D eigenvalue weighted by Gasteiger charge is 2.11. The normalized spacial score (nSPS) is 10.8. The van der Waals surface area contributed by atoms with Gasteiger partial charge in [0.2, 0.25) is 0 Å². The Morgan fingerprint density at radius 3 is 2.60 bits per heavy atom. The van der Waals surface area contributed by atoms with Crippen LogP contribution in [0, 0.1) is 0 Å². The SMILES string of the molecule is CCCCCNCc1ccc(OC(F)F)c(OCC)c1. The Hall–Kier alpha value is -1.36. The summed E-state index contributed by atoms with van der Waals surface area (Å²) in [4.78, 5) is 0. The van der Waals surface area contributed by atoms with E-state index in [1.807, 2.05) is 6.92 Å². The molecule has 0 atom stereocenters. The number of rotatable bonds is 10. The van der Waals surface area contributed by atoms with Gasteiger partial charge in [0, 0.05) is 6.54 Å². The van der Waals surface area contributed by atoms with Crippen LogP contribution >= 0.6 is 0 Å². The molecule has 20 heavy (non-hydrogen) atoms. The van der Waals surface area contributed by atoms with Crippen LogP contribution in [0.2, 0.25) is 0 Å². The molecule has 0 heterocycles. The summed E-state index contributed by atoms with van der Waals surface area (Å²) in [5, 5.41) is 3.32. The quantitative estimate of drug-likeness (QED) is 0.661. The molecule has 0 unspecified atom stereocenters. The van der Waals surface area contributed by atoms with Crippen LogP contribution in [0.3, 0.4) is 0 Å². The first-order valence-electron chi connectivity index (χ1n) is 7.08. The van der Waals surface area contributed by atoms with Crippen LogP contribution in [0.25, 0.3) is 0 Å². The van der Waals surface area contributed by atoms with Gasteiger partial charge in [-0.2, -0.15) is 8.78 Å². The minimum Gasteiger partial charge on any atom is -0.490 e. The van der Waals surface area contributed by atoms with Crippen LogP contribution in [0.1, 0.15) is 38.7 Å². The highest BCUT2D eigenvalue weighted by atomic mass is 19.3. The van der Waals surface area contributed by atoms with Crippen molar-refractivity contribution in [2.45, 2.75) is 46.3 Å². The van der Waals surface area contributed by atoms with Crippen molar-refractivity contribution in [3.05, 3.63) is 23.8 Å². The average Bonchev–Trinajstić information content (AvgIpc) is 2.41. The Balaban J connectivity index is 2.57. The van der Waals surface area contributed by atoms with E-state index in [0.29, 0.717) is 18.9 Å². The summed E-state index contributed by atoms with van der Waals surface area (Å²) >= 11 is 0. The van der Waals surface area contributed by atoms with Crippen LogP contribution in [0.5, 0.6) is 11.5 Å². The van der Waals surface area contributed by atoms with Crippen LogP contribution in [0.15, 0.2) is 18.2 Å². The lowest BCUT2D eigenvalue weighted by atomic mass is 10.2. The maximum atomic E-state index is 12.3. The maximum Gasteiger partial charge on any atom is 0.387 e. The molecule has 0 amide bonds. The second kappa shape index (κ2) is 9.53. The zero-order valence-corrected chi connectivity index (χ0v) is 12.1. The number of halogens is 2. The minimum atomic E-state index is -2.84. The van der Waals surface area contributed by atoms with Crippen molar-refractivity contribution in [1.29, 1.82) is 0 Å². The van der Waals surface area contributed by atoms with E-state index < -0.39 is 6.61 Å². The highest BCUT2D eigenvalue weighted by Crippen LogP contribution is 2.29. The van der Waals surface area contributed by atoms with Gasteiger partial charge < -0.3 is 14.8 Å². The molecule has 1 aromatic rings. The van der Waals surface area contributed by atoms with Crippen LogP contribution in [0.4, 0.5) is 8.78 Å². The van der Waals surface area contributed by atoms with E-state index in [1.165, 1.54) is 18.9 Å². The molecule has 3 nitrogen and oxygen atoms in total. The van der Waals surface area contributed by atoms with E-state index in [9.17, 15) is 8.78 Å². The summed E-state index contributed by atoms with van der Waals surface area (Å²) in [5.74, 6) is 0.442. The van der Waals surface area contributed by atoms with Crippen molar-refractivity contribution < 1.29 is 18.3 Å². The van der Waals surface area contributed by atoms with Gasteiger partial charge in [-0.05, 0) is 37.6 Å². The van der Waals surface area contributed by atoms with Gasteiger partial charge in [-0.3, -0.25) is 0 Å². The summed E-state index contributed by atoms with van der Waals surface area (Å²) in [5.41, 5.74) is 0.992. The first kappa shape index (κ1) is 16.7. The molecular formula is C15H23F2NO2. The zero-order valence-electron chi connectivity index (χ0n) is 12.1. The molecule has 0 bridgehead atoms. The topological polar surface area (TPSA) is 30.5 Å². The molecule has 114 valence electrons. The smallest absolute Gasteiger partial charge is 0.387 e. The summed E-state index contributed by atoms with van der Waals surface area (Å²) in [6, 6.07) is 5.04. The van der Waals surface area contributed by atoms with E-state index >= 15 is 0 Å². The average molecular weight is 287 g/mol. The number of hydrogen-bond acceptors (Lipinski definition) is 3. The van der Waals surface area contributed by atoms with Crippen LogP contribution in [-0.2, 0) is 6.54 Å². The third-order valence-electron chi connectivity index (χ3n) is 2.81. The lowest BCUT2D eigenvalue weighted by Crippen LogP contribution is -2.14. The Bertz CT molecular complexity index is 386. The molecular weight excluding hydrogens is 264 g/mol. The third-order valence-corrected chi connectivity index (χ3v) is 2.81. The first-order valence-corrected chi connectivity index (χ1v) is 7.08. The fraction of sp³-hybridized carbons (Fsp3) is 0.600. The number of hydrogen-bond donors (Lipinski definition) is 1. The van der Waals surface area contributed by atoms with Crippen molar-refractivity contribution in [3.63, 3.8) is 0 Å². The molecule has 0 radical (unpaired) electrons.